The molecule has 1 heterocycles. The van der Waals surface area contributed by atoms with Gasteiger partial charge in [0.25, 0.3) is 0 Å². The van der Waals surface area contributed by atoms with Gasteiger partial charge in [-0.1, -0.05) is 20.8 Å². The van der Waals surface area contributed by atoms with Gasteiger partial charge in [0, 0.05) is 12.6 Å². The molecule has 1 aliphatic heterocycles. The largest absolute Gasteiger partial charge is 0.481 e. The van der Waals surface area contributed by atoms with Crippen molar-refractivity contribution in [2.45, 2.75) is 52.1 Å². The minimum atomic E-state index is -0.862. The third kappa shape index (κ3) is 3.43. The van der Waals surface area contributed by atoms with Crippen molar-refractivity contribution >= 4 is 11.9 Å². The topological polar surface area (TPSA) is 83.6 Å². The highest BCUT2D eigenvalue weighted by molar-refractivity contribution is 5.83. The zero-order chi connectivity index (χ0) is 13.2. The zero-order valence-corrected chi connectivity index (χ0v) is 10.8. The van der Waals surface area contributed by atoms with Crippen LogP contribution in [0, 0.1) is 5.41 Å². The Hall–Kier alpha value is -1.10. The third-order valence-electron chi connectivity index (χ3n) is 3.27. The summed E-state index contributed by atoms with van der Waals surface area (Å²) in [4.78, 5) is 24.6. The Balaban J connectivity index is 2.71. The van der Waals surface area contributed by atoms with Crippen molar-refractivity contribution in [3.05, 3.63) is 0 Å². The van der Waals surface area contributed by atoms with E-state index >= 15 is 0 Å². The molecule has 1 amide bonds. The first-order valence-corrected chi connectivity index (χ1v) is 6.01. The Labute approximate surface area is 102 Å². The SMILES string of the molecule is CC(C)(C)C(N)C(=O)N1CCCC1CC(=O)O. The van der Waals surface area contributed by atoms with Gasteiger partial charge in [0.2, 0.25) is 5.91 Å². The molecule has 98 valence electrons. The molecule has 2 unspecified atom stereocenters. The lowest BCUT2D eigenvalue weighted by molar-refractivity contribution is -0.141. The van der Waals surface area contributed by atoms with E-state index in [2.05, 4.69) is 0 Å². The lowest BCUT2D eigenvalue weighted by atomic mass is 9.86. The highest BCUT2D eigenvalue weighted by Gasteiger charge is 2.37. The molecule has 0 saturated carbocycles. The Morgan fingerprint density at radius 3 is 2.53 bits per heavy atom. The number of hydrogen-bond acceptors (Lipinski definition) is 3. The number of aliphatic carboxylic acids is 1. The molecular weight excluding hydrogens is 220 g/mol. The summed E-state index contributed by atoms with van der Waals surface area (Å²) < 4.78 is 0. The Bertz CT molecular complexity index is 309. The summed E-state index contributed by atoms with van der Waals surface area (Å²) in [5.41, 5.74) is 5.63. The Kier molecular flexibility index (Phi) is 4.14. The van der Waals surface area contributed by atoms with Crippen molar-refractivity contribution in [2.75, 3.05) is 6.54 Å². The summed E-state index contributed by atoms with van der Waals surface area (Å²) in [5, 5.41) is 8.80. The number of carboxylic acids is 1. The minimum absolute atomic E-state index is 0.0165. The molecule has 17 heavy (non-hydrogen) atoms. The third-order valence-corrected chi connectivity index (χ3v) is 3.27. The minimum Gasteiger partial charge on any atom is -0.481 e. The standard InChI is InChI=1S/C12H22N2O3/c1-12(2,3)10(13)11(17)14-6-4-5-8(14)7-9(15)16/h8,10H,4-7,13H2,1-3H3,(H,15,16). The summed E-state index contributed by atoms with van der Waals surface area (Å²) in [5.74, 6) is -0.986. The van der Waals surface area contributed by atoms with E-state index in [0.717, 1.165) is 12.8 Å². The maximum Gasteiger partial charge on any atom is 0.305 e. The van der Waals surface area contributed by atoms with Gasteiger partial charge in [-0.3, -0.25) is 9.59 Å². The summed E-state index contributed by atoms with van der Waals surface area (Å²) >= 11 is 0. The monoisotopic (exact) mass is 242 g/mol. The number of nitrogens with two attached hydrogens (primary N) is 1. The van der Waals surface area contributed by atoms with Gasteiger partial charge in [0.05, 0.1) is 12.5 Å². The van der Waals surface area contributed by atoms with E-state index in [1.807, 2.05) is 20.8 Å². The van der Waals surface area contributed by atoms with E-state index in [1.54, 1.807) is 4.90 Å². The summed E-state index contributed by atoms with van der Waals surface area (Å²) in [6.07, 6.45) is 1.64. The number of hydrogen-bond donors (Lipinski definition) is 2. The normalized spacial score (nSPS) is 22.6. The number of amides is 1. The van der Waals surface area contributed by atoms with Gasteiger partial charge < -0.3 is 15.7 Å². The van der Waals surface area contributed by atoms with Crippen molar-refractivity contribution < 1.29 is 14.7 Å². The van der Waals surface area contributed by atoms with E-state index in [1.165, 1.54) is 0 Å². The van der Waals surface area contributed by atoms with Crippen LogP contribution in [0.15, 0.2) is 0 Å². The number of likely N-dealkylation sites (tertiary alicyclic amines) is 1. The first-order valence-electron chi connectivity index (χ1n) is 6.01. The van der Waals surface area contributed by atoms with Crippen molar-refractivity contribution in [3.63, 3.8) is 0 Å². The smallest absolute Gasteiger partial charge is 0.305 e. The van der Waals surface area contributed by atoms with Crippen LogP contribution in [0.25, 0.3) is 0 Å². The number of carbonyl (C=O) groups is 2. The van der Waals surface area contributed by atoms with Gasteiger partial charge in [-0.25, -0.2) is 0 Å². The molecule has 3 N–H and O–H groups in total. The van der Waals surface area contributed by atoms with Crippen molar-refractivity contribution in [2.24, 2.45) is 11.1 Å². The van der Waals surface area contributed by atoms with Crippen LogP contribution in [0.5, 0.6) is 0 Å². The summed E-state index contributed by atoms with van der Waals surface area (Å²) in [6.45, 7) is 6.37. The lowest BCUT2D eigenvalue weighted by Gasteiger charge is -2.32. The fourth-order valence-electron chi connectivity index (χ4n) is 2.09. The number of rotatable bonds is 3. The second kappa shape index (κ2) is 5.04. The number of carbonyl (C=O) groups excluding carboxylic acids is 1. The molecule has 0 radical (unpaired) electrons. The van der Waals surface area contributed by atoms with Crippen LogP contribution in [-0.4, -0.2) is 40.5 Å². The molecule has 0 aromatic carbocycles. The Morgan fingerprint density at radius 2 is 2.06 bits per heavy atom. The predicted octanol–water partition coefficient (Wildman–Crippen LogP) is 0.825. The second-order valence-electron chi connectivity index (χ2n) is 5.77. The van der Waals surface area contributed by atoms with Gasteiger partial charge in [0.15, 0.2) is 0 Å². The van der Waals surface area contributed by atoms with Crippen LogP contribution in [0.2, 0.25) is 0 Å². The molecule has 0 spiro atoms. The van der Waals surface area contributed by atoms with Gasteiger partial charge >= 0.3 is 5.97 Å². The lowest BCUT2D eigenvalue weighted by Crippen LogP contribution is -2.52. The average molecular weight is 242 g/mol. The van der Waals surface area contributed by atoms with E-state index in [9.17, 15) is 9.59 Å². The summed E-state index contributed by atoms with van der Waals surface area (Å²) in [6, 6.07) is -0.759. The van der Waals surface area contributed by atoms with E-state index < -0.39 is 12.0 Å². The fourth-order valence-corrected chi connectivity index (χ4v) is 2.09. The van der Waals surface area contributed by atoms with Crippen LogP contribution in [-0.2, 0) is 9.59 Å². The molecule has 1 rings (SSSR count). The maximum atomic E-state index is 12.2. The van der Waals surface area contributed by atoms with E-state index in [0.29, 0.717) is 6.54 Å². The molecule has 1 aliphatic rings. The summed E-state index contributed by atoms with van der Waals surface area (Å²) in [7, 11) is 0. The first kappa shape index (κ1) is 14.0. The zero-order valence-electron chi connectivity index (χ0n) is 10.8. The highest BCUT2D eigenvalue weighted by Crippen LogP contribution is 2.25. The van der Waals surface area contributed by atoms with Gasteiger partial charge in [-0.2, -0.15) is 0 Å². The van der Waals surface area contributed by atoms with Gasteiger partial charge in [-0.05, 0) is 18.3 Å². The molecular formula is C12H22N2O3. The fraction of sp³-hybridized carbons (Fsp3) is 0.833. The molecule has 1 fully saturated rings. The number of carboxylic acid groups (broad SMARTS) is 1. The van der Waals surface area contributed by atoms with E-state index in [4.69, 9.17) is 10.8 Å². The molecule has 2 atom stereocenters. The predicted molar refractivity (Wildman–Crippen MR) is 64.4 cm³/mol. The van der Waals surface area contributed by atoms with Crippen LogP contribution < -0.4 is 5.73 Å². The average Bonchev–Trinajstić information content (AvgIpc) is 2.61. The molecule has 0 aliphatic carbocycles. The van der Waals surface area contributed by atoms with Crippen molar-refractivity contribution in [3.8, 4) is 0 Å². The quantitative estimate of drug-likeness (QED) is 0.767. The van der Waals surface area contributed by atoms with Crippen molar-refractivity contribution in [1.29, 1.82) is 0 Å². The maximum absolute atomic E-state index is 12.2. The highest BCUT2D eigenvalue weighted by atomic mass is 16.4. The van der Waals surface area contributed by atoms with Gasteiger partial charge in [-0.15, -0.1) is 0 Å². The van der Waals surface area contributed by atoms with Gasteiger partial charge in [0.1, 0.15) is 0 Å². The van der Waals surface area contributed by atoms with Crippen LogP contribution in [0.3, 0.4) is 0 Å². The second-order valence-corrected chi connectivity index (χ2v) is 5.77. The van der Waals surface area contributed by atoms with Crippen LogP contribution in [0.4, 0.5) is 0 Å². The Morgan fingerprint density at radius 1 is 1.47 bits per heavy atom. The molecule has 0 bridgehead atoms. The first-order chi connectivity index (χ1) is 7.73. The number of nitrogens with zero attached hydrogens (tertiary/aromatic N) is 1. The molecule has 0 aromatic heterocycles. The van der Waals surface area contributed by atoms with E-state index in [-0.39, 0.29) is 23.8 Å². The van der Waals surface area contributed by atoms with Crippen LogP contribution >= 0.6 is 0 Å². The molecule has 0 aromatic rings. The molecule has 5 heteroatoms. The van der Waals surface area contributed by atoms with Crippen LogP contribution in [0.1, 0.15) is 40.0 Å². The molecule has 5 nitrogen and oxygen atoms in total. The molecule has 1 saturated heterocycles. The van der Waals surface area contributed by atoms with Crippen molar-refractivity contribution in [1.82, 2.24) is 4.90 Å².